The maximum Gasteiger partial charge on any atom is 0.339 e. The second kappa shape index (κ2) is 5.66. The molecule has 0 unspecified atom stereocenters. The minimum Gasteiger partial charge on any atom is -0.465 e. The highest BCUT2D eigenvalue weighted by Gasteiger charge is 2.17. The fourth-order valence-corrected chi connectivity index (χ4v) is 2.80. The first-order valence-electron chi connectivity index (χ1n) is 6.54. The molecule has 1 aromatic heterocycles. The summed E-state index contributed by atoms with van der Waals surface area (Å²) in [6.07, 6.45) is 1.74. The van der Waals surface area contributed by atoms with Crippen molar-refractivity contribution in [3.05, 3.63) is 64.3 Å². The largest absolute Gasteiger partial charge is 0.465 e. The molecular weight excluding hydrogens is 344 g/mol. The molecule has 0 N–H and O–H groups in total. The Kier molecular flexibility index (Phi) is 3.70. The summed E-state index contributed by atoms with van der Waals surface area (Å²) < 4.78 is 7.53. The van der Waals surface area contributed by atoms with E-state index in [1.54, 1.807) is 18.3 Å². The van der Waals surface area contributed by atoms with Crippen LogP contribution in [0.2, 0.25) is 0 Å². The van der Waals surface area contributed by atoms with Crippen molar-refractivity contribution in [3.63, 3.8) is 0 Å². The van der Waals surface area contributed by atoms with Gasteiger partial charge in [-0.05, 0) is 24.3 Å². The van der Waals surface area contributed by atoms with E-state index in [0.717, 1.165) is 15.4 Å². The maximum atomic E-state index is 12.0. The second-order valence-electron chi connectivity index (χ2n) is 4.69. The van der Waals surface area contributed by atoms with Crippen LogP contribution in [-0.4, -0.2) is 17.6 Å². The number of halogens is 1. The minimum absolute atomic E-state index is 0.418. The van der Waals surface area contributed by atoms with Crippen LogP contribution in [0.25, 0.3) is 16.6 Å². The van der Waals surface area contributed by atoms with Crippen LogP contribution in [0.1, 0.15) is 15.9 Å². The van der Waals surface area contributed by atoms with Gasteiger partial charge in [0.1, 0.15) is 6.07 Å². The van der Waals surface area contributed by atoms with Crippen LogP contribution in [-0.2, 0) is 4.74 Å². The molecule has 1 heterocycles. The van der Waals surface area contributed by atoms with Gasteiger partial charge < -0.3 is 9.30 Å². The van der Waals surface area contributed by atoms with Crippen LogP contribution in [0.3, 0.4) is 0 Å². The smallest absolute Gasteiger partial charge is 0.339 e. The lowest BCUT2D eigenvalue weighted by Crippen LogP contribution is -2.07. The minimum atomic E-state index is -0.418. The number of hydrogen-bond acceptors (Lipinski definition) is 3. The summed E-state index contributed by atoms with van der Waals surface area (Å²) in [4.78, 5) is 12.0. The second-order valence-corrected chi connectivity index (χ2v) is 5.61. The maximum absolute atomic E-state index is 12.0. The molecule has 0 aliphatic rings. The van der Waals surface area contributed by atoms with Gasteiger partial charge in [0, 0.05) is 16.1 Å². The molecule has 0 bridgehead atoms. The third-order valence-corrected chi connectivity index (χ3v) is 3.95. The Morgan fingerprint density at radius 1 is 1.27 bits per heavy atom. The lowest BCUT2D eigenvalue weighted by atomic mass is 10.1. The molecule has 0 fully saturated rings. The number of methoxy groups -OCH3 is 1. The highest BCUT2D eigenvalue weighted by molar-refractivity contribution is 9.10. The average Bonchev–Trinajstić information content (AvgIpc) is 2.93. The molecular formula is C17H11BrN2O2. The van der Waals surface area contributed by atoms with E-state index in [4.69, 9.17) is 4.74 Å². The Morgan fingerprint density at radius 3 is 2.77 bits per heavy atom. The molecule has 0 spiro atoms. The van der Waals surface area contributed by atoms with Crippen molar-refractivity contribution in [3.8, 4) is 11.8 Å². The monoisotopic (exact) mass is 354 g/mol. The predicted molar refractivity (Wildman–Crippen MR) is 87.0 cm³/mol. The van der Waals surface area contributed by atoms with E-state index in [0.29, 0.717) is 16.8 Å². The topological polar surface area (TPSA) is 55.0 Å². The number of fused-ring (bicyclic) bond motifs is 1. The van der Waals surface area contributed by atoms with Crippen molar-refractivity contribution >= 4 is 32.8 Å². The molecule has 0 amide bonds. The summed E-state index contributed by atoms with van der Waals surface area (Å²) in [6.45, 7) is 0. The number of para-hydroxylation sites is 1. The molecule has 2 aromatic carbocycles. The van der Waals surface area contributed by atoms with Crippen molar-refractivity contribution < 1.29 is 9.53 Å². The van der Waals surface area contributed by atoms with Gasteiger partial charge in [0.25, 0.3) is 0 Å². The standard InChI is InChI=1S/C17H11BrN2O2/c1-22-17(21)14-7-6-12(18)8-16(14)20-10-11(9-19)13-4-2-3-5-15(13)20/h2-8,10H,1H3. The summed E-state index contributed by atoms with van der Waals surface area (Å²) in [5.41, 5.74) is 2.53. The molecule has 3 rings (SSSR count). The summed E-state index contributed by atoms with van der Waals surface area (Å²) in [6, 6.07) is 15.1. The van der Waals surface area contributed by atoms with E-state index in [1.165, 1.54) is 7.11 Å². The van der Waals surface area contributed by atoms with Crippen LogP contribution in [0.15, 0.2) is 53.1 Å². The molecule has 0 saturated carbocycles. The fraction of sp³-hybridized carbons (Fsp3) is 0.0588. The SMILES string of the molecule is COC(=O)c1ccc(Br)cc1-n1cc(C#N)c2ccccc21. The molecule has 0 aliphatic carbocycles. The first-order valence-corrected chi connectivity index (χ1v) is 7.33. The van der Waals surface area contributed by atoms with Gasteiger partial charge in [0.05, 0.1) is 29.4 Å². The number of esters is 1. The van der Waals surface area contributed by atoms with Gasteiger partial charge in [0.2, 0.25) is 0 Å². The van der Waals surface area contributed by atoms with Gasteiger partial charge in [-0.2, -0.15) is 5.26 Å². The van der Waals surface area contributed by atoms with Crippen LogP contribution in [0.5, 0.6) is 0 Å². The van der Waals surface area contributed by atoms with Gasteiger partial charge in [-0.15, -0.1) is 0 Å². The lowest BCUT2D eigenvalue weighted by Gasteiger charge is -2.11. The highest BCUT2D eigenvalue weighted by atomic mass is 79.9. The van der Waals surface area contributed by atoms with E-state index in [2.05, 4.69) is 22.0 Å². The number of nitriles is 1. The zero-order chi connectivity index (χ0) is 15.7. The fourth-order valence-electron chi connectivity index (χ4n) is 2.45. The number of nitrogens with zero attached hydrogens (tertiary/aromatic N) is 2. The molecule has 22 heavy (non-hydrogen) atoms. The Bertz CT molecular complexity index is 922. The van der Waals surface area contributed by atoms with E-state index in [9.17, 15) is 10.1 Å². The molecule has 0 atom stereocenters. The van der Waals surface area contributed by atoms with E-state index in [1.807, 2.05) is 34.9 Å². The normalized spacial score (nSPS) is 10.4. The van der Waals surface area contributed by atoms with Gasteiger partial charge in [-0.1, -0.05) is 34.1 Å². The summed E-state index contributed by atoms with van der Waals surface area (Å²) >= 11 is 3.42. The Labute approximate surface area is 135 Å². The van der Waals surface area contributed by atoms with Crippen molar-refractivity contribution in [2.75, 3.05) is 7.11 Å². The first kappa shape index (κ1) is 14.4. The number of rotatable bonds is 2. The van der Waals surface area contributed by atoms with Gasteiger partial charge in [-0.25, -0.2) is 4.79 Å². The number of hydrogen-bond donors (Lipinski definition) is 0. The van der Waals surface area contributed by atoms with E-state index in [-0.39, 0.29) is 0 Å². The van der Waals surface area contributed by atoms with Crippen LogP contribution >= 0.6 is 15.9 Å². The Balaban J connectivity index is 2.35. The van der Waals surface area contributed by atoms with Gasteiger partial charge >= 0.3 is 5.97 Å². The molecule has 3 aromatic rings. The first-order chi connectivity index (χ1) is 10.7. The third kappa shape index (κ3) is 2.28. The molecule has 5 heteroatoms. The molecule has 0 saturated heterocycles. The summed E-state index contributed by atoms with van der Waals surface area (Å²) in [7, 11) is 1.35. The van der Waals surface area contributed by atoms with E-state index >= 15 is 0 Å². The van der Waals surface area contributed by atoms with Crippen LogP contribution < -0.4 is 0 Å². The number of carbonyl (C=O) groups excluding carboxylic acids is 1. The van der Waals surface area contributed by atoms with Gasteiger partial charge in [0.15, 0.2) is 0 Å². The third-order valence-electron chi connectivity index (χ3n) is 3.46. The summed E-state index contributed by atoms with van der Waals surface area (Å²) in [5.74, 6) is -0.418. The molecule has 4 nitrogen and oxygen atoms in total. The molecule has 0 radical (unpaired) electrons. The Hall–Kier alpha value is -2.58. The average molecular weight is 355 g/mol. The van der Waals surface area contributed by atoms with Crippen molar-refractivity contribution in [1.29, 1.82) is 5.26 Å². The van der Waals surface area contributed by atoms with Crippen LogP contribution in [0.4, 0.5) is 0 Å². The van der Waals surface area contributed by atoms with Crippen molar-refractivity contribution in [2.45, 2.75) is 0 Å². The molecule has 0 aliphatic heterocycles. The number of ether oxygens (including phenoxy) is 1. The summed E-state index contributed by atoms with van der Waals surface area (Å²) in [5, 5.41) is 10.2. The number of carbonyl (C=O) groups is 1. The van der Waals surface area contributed by atoms with Crippen molar-refractivity contribution in [1.82, 2.24) is 4.57 Å². The zero-order valence-corrected chi connectivity index (χ0v) is 13.3. The molecule has 108 valence electrons. The van der Waals surface area contributed by atoms with E-state index < -0.39 is 5.97 Å². The quantitative estimate of drug-likeness (QED) is 0.652. The number of benzene rings is 2. The van der Waals surface area contributed by atoms with Gasteiger partial charge in [-0.3, -0.25) is 0 Å². The lowest BCUT2D eigenvalue weighted by molar-refractivity contribution is 0.0601. The van der Waals surface area contributed by atoms with Crippen molar-refractivity contribution in [2.24, 2.45) is 0 Å². The zero-order valence-electron chi connectivity index (χ0n) is 11.7. The van der Waals surface area contributed by atoms with Crippen LogP contribution in [0, 0.1) is 11.3 Å². The Morgan fingerprint density at radius 2 is 2.05 bits per heavy atom. The highest BCUT2D eigenvalue weighted by Crippen LogP contribution is 2.28. The predicted octanol–water partition coefficient (Wildman–Crippen LogP) is 4.05. The number of aromatic nitrogens is 1.